The summed E-state index contributed by atoms with van der Waals surface area (Å²) < 4.78 is 0. The molecule has 70 valence electrons. The summed E-state index contributed by atoms with van der Waals surface area (Å²) in [5, 5.41) is 9.64. The van der Waals surface area contributed by atoms with Gasteiger partial charge in [-0.05, 0) is 23.3 Å². The molecule has 0 radical (unpaired) electrons. The lowest BCUT2D eigenvalue weighted by atomic mass is 10.0. The molecule has 1 aromatic carbocycles. The van der Waals surface area contributed by atoms with Crippen LogP contribution in [-0.4, -0.2) is 5.11 Å². The van der Waals surface area contributed by atoms with Crippen molar-refractivity contribution < 1.29 is 5.11 Å². The second-order valence-corrected chi connectivity index (χ2v) is 3.20. The molecule has 0 fully saturated rings. The molecule has 2 nitrogen and oxygen atoms in total. The number of nitrogens with two attached hydrogens (primary N) is 1. The normalized spacial score (nSPS) is 12.5. The summed E-state index contributed by atoms with van der Waals surface area (Å²) >= 11 is 5.80. The number of rotatable bonds is 3. The van der Waals surface area contributed by atoms with Gasteiger partial charge in [-0.15, -0.1) is 6.58 Å². The van der Waals surface area contributed by atoms with Crippen molar-refractivity contribution in [1.29, 1.82) is 0 Å². The van der Waals surface area contributed by atoms with Crippen LogP contribution < -0.4 is 5.73 Å². The monoisotopic (exact) mass is 197 g/mol. The second-order valence-electron chi connectivity index (χ2n) is 2.76. The highest BCUT2D eigenvalue weighted by Gasteiger charge is 2.07. The van der Waals surface area contributed by atoms with Gasteiger partial charge in [0.05, 0.1) is 6.61 Å². The molecular weight excluding hydrogens is 186 g/mol. The van der Waals surface area contributed by atoms with E-state index in [9.17, 15) is 0 Å². The minimum Gasteiger partial charge on any atom is -0.392 e. The summed E-state index contributed by atoms with van der Waals surface area (Å²) in [7, 11) is 0. The van der Waals surface area contributed by atoms with Crippen molar-refractivity contribution in [3.05, 3.63) is 47.0 Å². The number of halogens is 1. The SMILES string of the molecule is C=CC(N)c1cc(Cl)ccc1CO. The molecule has 3 N–H and O–H groups in total. The third-order valence-electron chi connectivity index (χ3n) is 1.89. The van der Waals surface area contributed by atoms with E-state index in [1.165, 1.54) is 0 Å². The fourth-order valence-corrected chi connectivity index (χ4v) is 1.33. The van der Waals surface area contributed by atoms with Crippen molar-refractivity contribution in [3.8, 4) is 0 Å². The molecule has 0 heterocycles. The van der Waals surface area contributed by atoms with Crippen molar-refractivity contribution in [2.24, 2.45) is 5.73 Å². The maximum absolute atomic E-state index is 9.02. The van der Waals surface area contributed by atoms with Crippen LogP contribution in [0, 0.1) is 0 Å². The number of aliphatic hydroxyl groups excluding tert-OH is 1. The first-order valence-electron chi connectivity index (χ1n) is 3.96. The average molecular weight is 198 g/mol. The molecule has 0 aliphatic carbocycles. The Morgan fingerprint density at radius 1 is 1.62 bits per heavy atom. The van der Waals surface area contributed by atoms with Crippen LogP contribution in [0.5, 0.6) is 0 Å². The molecule has 0 aromatic heterocycles. The Bertz CT molecular complexity index is 312. The maximum atomic E-state index is 9.02. The van der Waals surface area contributed by atoms with Gasteiger partial charge in [-0.3, -0.25) is 0 Å². The summed E-state index contributed by atoms with van der Waals surface area (Å²) in [6.07, 6.45) is 1.62. The molecule has 0 spiro atoms. The van der Waals surface area contributed by atoms with E-state index in [1.54, 1.807) is 24.3 Å². The first-order valence-corrected chi connectivity index (χ1v) is 4.34. The largest absolute Gasteiger partial charge is 0.392 e. The molecule has 1 atom stereocenters. The van der Waals surface area contributed by atoms with E-state index in [0.717, 1.165) is 11.1 Å². The highest BCUT2D eigenvalue weighted by atomic mass is 35.5. The molecule has 1 rings (SSSR count). The fraction of sp³-hybridized carbons (Fsp3) is 0.200. The van der Waals surface area contributed by atoms with Crippen molar-refractivity contribution in [2.75, 3.05) is 0 Å². The average Bonchev–Trinajstić information content (AvgIpc) is 2.16. The second kappa shape index (κ2) is 4.42. The Morgan fingerprint density at radius 3 is 2.85 bits per heavy atom. The van der Waals surface area contributed by atoms with Crippen molar-refractivity contribution in [2.45, 2.75) is 12.6 Å². The first-order chi connectivity index (χ1) is 6.19. The van der Waals surface area contributed by atoms with Crippen LogP contribution in [0.25, 0.3) is 0 Å². The van der Waals surface area contributed by atoms with E-state index < -0.39 is 0 Å². The van der Waals surface area contributed by atoms with E-state index in [0.29, 0.717) is 5.02 Å². The highest BCUT2D eigenvalue weighted by Crippen LogP contribution is 2.21. The topological polar surface area (TPSA) is 46.2 Å². The van der Waals surface area contributed by atoms with Gasteiger partial charge >= 0.3 is 0 Å². The molecule has 0 aliphatic rings. The Hall–Kier alpha value is -0.830. The van der Waals surface area contributed by atoms with Crippen molar-refractivity contribution in [3.63, 3.8) is 0 Å². The van der Waals surface area contributed by atoms with Crippen molar-refractivity contribution >= 4 is 11.6 Å². The van der Waals surface area contributed by atoms with Gasteiger partial charge in [-0.2, -0.15) is 0 Å². The summed E-state index contributed by atoms with van der Waals surface area (Å²) in [5.74, 6) is 0. The standard InChI is InChI=1S/C10H12ClNO/c1-2-10(12)9-5-8(11)4-3-7(9)6-13/h2-5,10,13H,1,6,12H2. The van der Waals surface area contributed by atoms with E-state index >= 15 is 0 Å². The molecule has 13 heavy (non-hydrogen) atoms. The summed E-state index contributed by atoms with van der Waals surface area (Å²) in [4.78, 5) is 0. The van der Waals surface area contributed by atoms with Gasteiger partial charge in [0, 0.05) is 11.1 Å². The Balaban J connectivity index is 3.14. The zero-order valence-electron chi connectivity index (χ0n) is 7.20. The minimum absolute atomic E-state index is 0.0337. The number of hydrogen-bond acceptors (Lipinski definition) is 2. The summed E-state index contributed by atoms with van der Waals surface area (Å²) in [5.41, 5.74) is 7.36. The quantitative estimate of drug-likeness (QED) is 0.729. The highest BCUT2D eigenvalue weighted by molar-refractivity contribution is 6.30. The maximum Gasteiger partial charge on any atom is 0.0685 e. The van der Waals surface area contributed by atoms with Gasteiger partial charge in [-0.1, -0.05) is 23.7 Å². The number of hydrogen-bond donors (Lipinski definition) is 2. The first kappa shape index (κ1) is 10.3. The molecule has 3 heteroatoms. The fourth-order valence-electron chi connectivity index (χ4n) is 1.15. The molecule has 0 aliphatic heterocycles. The van der Waals surface area contributed by atoms with Crippen LogP contribution in [0.3, 0.4) is 0 Å². The molecule has 1 aromatic rings. The third kappa shape index (κ3) is 2.31. The van der Waals surface area contributed by atoms with Gasteiger partial charge in [-0.25, -0.2) is 0 Å². The molecule has 0 amide bonds. The van der Waals surface area contributed by atoms with Gasteiger partial charge in [0.1, 0.15) is 0 Å². The van der Waals surface area contributed by atoms with Crippen LogP contribution >= 0.6 is 11.6 Å². The molecule has 1 unspecified atom stereocenters. The minimum atomic E-state index is -0.277. The van der Waals surface area contributed by atoms with E-state index in [1.807, 2.05) is 0 Å². The predicted molar refractivity (Wildman–Crippen MR) is 54.5 cm³/mol. The van der Waals surface area contributed by atoms with E-state index in [4.69, 9.17) is 22.4 Å². The summed E-state index contributed by atoms with van der Waals surface area (Å²) in [6, 6.07) is 4.97. The Kier molecular flexibility index (Phi) is 3.48. The van der Waals surface area contributed by atoms with Crippen LogP contribution in [0.15, 0.2) is 30.9 Å². The van der Waals surface area contributed by atoms with Crippen LogP contribution in [0.1, 0.15) is 17.2 Å². The van der Waals surface area contributed by atoms with E-state index in [2.05, 4.69) is 6.58 Å². The van der Waals surface area contributed by atoms with Crippen molar-refractivity contribution in [1.82, 2.24) is 0 Å². The lowest BCUT2D eigenvalue weighted by Crippen LogP contribution is -2.09. The van der Waals surface area contributed by atoms with Crippen LogP contribution in [0.4, 0.5) is 0 Å². The number of benzene rings is 1. The Labute approximate surface area is 82.6 Å². The predicted octanol–water partition coefficient (Wildman–Crippen LogP) is 2.02. The third-order valence-corrected chi connectivity index (χ3v) is 2.13. The van der Waals surface area contributed by atoms with E-state index in [-0.39, 0.29) is 12.6 Å². The van der Waals surface area contributed by atoms with Crippen LogP contribution in [0.2, 0.25) is 5.02 Å². The zero-order valence-corrected chi connectivity index (χ0v) is 7.96. The van der Waals surface area contributed by atoms with Gasteiger partial charge in [0.2, 0.25) is 0 Å². The lowest BCUT2D eigenvalue weighted by molar-refractivity contribution is 0.280. The molecule has 0 bridgehead atoms. The molecular formula is C10H12ClNO. The zero-order chi connectivity index (χ0) is 9.84. The van der Waals surface area contributed by atoms with Gasteiger partial charge in [0.15, 0.2) is 0 Å². The molecule has 0 saturated carbocycles. The van der Waals surface area contributed by atoms with Crippen LogP contribution in [-0.2, 0) is 6.61 Å². The van der Waals surface area contributed by atoms with Gasteiger partial charge < -0.3 is 10.8 Å². The van der Waals surface area contributed by atoms with Gasteiger partial charge in [0.25, 0.3) is 0 Å². The number of aliphatic hydroxyl groups is 1. The summed E-state index contributed by atoms with van der Waals surface area (Å²) in [6.45, 7) is 3.56. The smallest absolute Gasteiger partial charge is 0.0685 e. The Morgan fingerprint density at radius 2 is 2.31 bits per heavy atom. The molecule has 0 saturated heterocycles. The lowest BCUT2D eigenvalue weighted by Gasteiger charge is -2.11.